The molecule has 1 aromatic heterocycles. The molecule has 2 amide bonds. The second kappa shape index (κ2) is 8.28. The highest BCUT2D eigenvalue weighted by atomic mass is 16.3. The van der Waals surface area contributed by atoms with E-state index in [0.29, 0.717) is 12.1 Å². The lowest BCUT2D eigenvalue weighted by atomic mass is 10.2. The Bertz CT molecular complexity index is 701. The fourth-order valence-corrected chi connectivity index (χ4v) is 1.74. The van der Waals surface area contributed by atoms with Crippen LogP contribution in [0.4, 0.5) is 0 Å². The quantitative estimate of drug-likeness (QED) is 0.419. The normalized spacial score (nSPS) is 10.4. The number of aromatic hydroxyl groups is 1. The molecule has 0 saturated carbocycles. The lowest BCUT2D eigenvalue weighted by molar-refractivity contribution is -0.129. The first-order chi connectivity index (χ1) is 11.1. The Hall–Kier alpha value is -3.22. The van der Waals surface area contributed by atoms with Gasteiger partial charge >= 0.3 is 0 Å². The van der Waals surface area contributed by atoms with Gasteiger partial charge in [0.05, 0.1) is 6.21 Å². The summed E-state index contributed by atoms with van der Waals surface area (Å²) < 4.78 is 0. The highest BCUT2D eigenvalue weighted by Gasteiger charge is 2.08. The molecule has 3 N–H and O–H groups in total. The zero-order valence-electron chi connectivity index (χ0n) is 12.3. The first-order valence-corrected chi connectivity index (χ1v) is 6.90. The maximum Gasteiger partial charge on any atom is 0.249 e. The molecular formula is C16H16N4O3. The van der Waals surface area contributed by atoms with Crippen molar-refractivity contribution in [1.29, 1.82) is 0 Å². The van der Waals surface area contributed by atoms with Crippen LogP contribution in [0.2, 0.25) is 0 Å². The molecule has 0 radical (unpaired) electrons. The Labute approximate surface area is 133 Å². The monoisotopic (exact) mass is 312 g/mol. The lowest BCUT2D eigenvalue weighted by Crippen LogP contribution is -2.29. The Morgan fingerprint density at radius 1 is 1.22 bits per heavy atom. The molecule has 23 heavy (non-hydrogen) atoms. The molecule has 7 nitrogen and oxygen atoms in total. The van der Waals surface area contributed by atoms with E-state index >= 15 is 0 Å². The van der Waals surface area contributed by atoms with E-state index in [1.807, 2.05) is 6.07 Å². The summed E-state index contributed by atoms with van der Waals surface area (Å²) in [4.78, 5) is 27.1. The van der Waals surface area contributed by atoms with Crippen LogP contribution in [0.25, 0.3) is 0 Å². The number of hydrogen-bond acceptors (Lipinski definition) is 5. The van der Waals surface area contributed by atoms with E-state index < -0.39 is 11.8 Å². The fourth-order valence-electron chi connectivity index (χ4n) is 1.74. The van der Waals surface area contributed by atoms with E-state index in [-0.39, 0.29) is 12.2 Å². The highest BCUT2D eigenvalue weighted by Crippen LogP contribution is 2.08. The van der Waals surface area contributed by atoms with Crippen LogP contribution in [0.15, 0.2) is 53.9 Å². The van der Waals surface area contributed by atoms with Crippen LogP contribution in [0.1, 0.15) is 17.5 Å². The number of phenols is 1. The summed E-state index contributed by atoms with van der Waals surface area (Å²) in [6.07, 6.45) is 4.34. The van der Waals surface area contributed by atoms with Gasteiger partial charge in [0.15, 0.2) is 0 Å². The molecule has 0 aliphatic heterocycles. The summed E-state index contributed by atoms with van der Waals surface area (Å²) in [6.45, 7) is 0.312. The standard InChI is InChI=1S/C16H16N4O3/c21-14-5-1-3-12(7-14)11-19-20-16(23)8-15(22)18-10-13-4-2-6-17-9-13/h1-7,9,11,21H,8,10H2,(H,18,22)(H,20,23)/b19-11-. The number of pyridine rings is 1. The van der Waals surface area contributed by atoms with Crippen molar-refractivity contribution in [3.8, 4) is 5.75 Å². The average molecular weight is 312 g/mol. The van der Waals surface area contributed by atoms with Gasteiger partial charge in [0.25, 0.3) is 0 Å². The smallest absolute Gasteiger partial charge is 0.249 e. The maximum absolute atomic E-state index is 11.6. The van der Waals surface area contributed by atoms with Gasteiger partial charge < -0.3 is 10.4 Å². The molecular weight excluding hydrogens is 296 g/mol. The van der Waals surface area contributed by atoms with E-state index in [2.05, 4.69) is 20.8 Å². The molecule has 2 aromatic rings. The lowest BCUT2D eigenvalue weighted by Gasteiger charge is -2.04. The van der Waals surface area contributed by atoms with Crippen LogP contribution in [-0.2, 0) is 16.1 Å². The third kappa shape index (κ3) is 5.96. The number of carbonyl (C=O) groups excluding carboxylic acids is 2. The predicted molar refractivity (Wildman–Crippen MR) is 84.5 cm³/mol. The highest BCUT2D eigenvalue weighted by molar-refractivity contribution is 5.97. The number of rotatable bonds is 6. The summed E-state index contributed by atoms with van der Waals surface area (Å²) in [5.74, 6) is -0.820. The van der Waals surface area contributed by atoms with Crippen molar-refractivity contribution in [2.75, 3.05) is 0 Å². The van der Waals surface area contributed by atoms with Gasteiger partial charge in [-0.25, -0.2) is 5.43 Å². The number of hydrogen-bond donors (Lipinski definition) is 3. The Kier molecular flexibility index (Phi) is 5.81. The van der Waals surface area contributed by atoms with Crippen molar-refractivity contribution >= 4 is 18.0 Å². The summed E-state index contributed by atoms with van der Waals surface area (Å²) in [7, 11) is 0. The number of benzene rings is 1. The van der Waals surface area contributed by atoms with E-state index in [1.54, 1.807) is 30.6 Å². The number of aromatic nitrogens is 1. The average Bonchev–Trinajstić information content (AvgIpc) is 2.54. The molecule has 0 spiro atoms. The Balaban J connectivity index is 1.72. The molecule has 0 aliphatic carbocycles. The van der Waals surface area contributed by atoms with E-state index in [9.17, 15) is 14.7 Å². The number of nitrogens with zero attached hydrogens (tertiary/aromatic N) is 2. The third-order valence-electron chi connectivity index (χ3n) is 2.81. The third-order valence-corrected chi connectivity index (χ3v) is 2.81. The molecule has 0 fully saturated rings. The summed E-state index contributed by atoms with van der Waals surface area (Å²) in [5.41, 5.74) is 3.74. The van der Waals surface area contributed by atoms with Crippen LogP contribution < -0.4 is 10.7 Å². The molecule has 0 saturated heterocycles. The van der Waals surface area contributed by atoms with Crippen molar-refractivity contribution in [2.24, 2.45) is 5.10 Å². The molecule has 1 heterocycles. The van der Waals surface area contributed by atoms with Crippen LogP contribution in [0.5, 0.6) is 5.75 Å². The molecule has 0 unspecified atom stereocenters. The number of carbonyl (C=O) groups is 2. The first kappa shape index (κ1) is 16.2. The van der Waals surface area contributed by atoms with Gasteiger partial charge in [-0.15, -0.1) is 0 Å². The predicted octanol–water partition coefficient (Wildman–Crippen LogP) is 0.944. The van der Waals surface area contributed by atoms with Crippen LogP contribution >= 0.6 is 0 Å². The Morgan fingerprint density at radius 2 is 2.09 bits per heavy atom. The van der Waals surface area contributed by atoms with E-state index in [0.717, 1.165) is 5.56 Å². The van der Waals surface area contributed by atoms with E-state index in [4.69, 9.17) is 0 Å². The van der Waals surface area contributed by atoms with Crippen LogP contribution in [0.3, 0.4) is 0 Å². The van der Waals surface area contributed by atoms with Crippen LogP contribution in [0, 0.1) is 0 Å². The molecule has 118 valence electrons. The van der Waals surface area contributed by atoms with Gasteiger partial charge in [-0.3, -0.25) is 14.6 Å². The van der Waals surface area contributed by atoms with Gasteiger partial charge in [0.2, 0.25) is 11.8 Å². The summed E-state index contributed by atoms with van der Waals surface area (Å²) in [5, 5.41) is 15.6. The summed E-state index contributed by atoms with van der Waals surface area (Å²) >= 11 is 0. The van der Waals surface area contributed by atoms with Gasteiger partial charge in [-0.1, -0.05) is 18.2 Å². The topological polar surface area (TPSA) is 104 Å². The van der Waals surface area contributed by atoms with Crippen LogP contribution in [-0.4, -0.2) is 28.1 Å². The molecule has 7 heteroatoms. The van der Waals surface area contributed by atoms with E-state index in [1.165, 1.54) is 18.3 Å². The first-order valence-electron chi connectivity index (χ1n) is 6.90. The maximum atomic E-state index is 11.6. The minimum atomic E-state index is -0.523. The van der Waals surface area contributed by atoms with Crippen molar-refractivity contribution in [2.45, 2.75) is 13.0 Å². The van der Waals surface area contributed by atoms with Crippen molar-refractivity contribution in [3.63, 3.8) is 0 Å². The molecule has 1 aromatic carbocycles. The molecule has 0 atom stereocenters. The molecule has 2 rings (SSSR count). The molecule has 0 bridgehead atoms. The minimum absolute atomic E-state index is 0.107. The van der Waals surface area contributed by atoms with Crippen molar-refractivity contribution < 1.29 is 14.7 Å². The number of amides is 2. The van der Waals surface area contributed by atoms with Crippen molar-refractivity contribution in [1.82, 2.24) is 15.7 Å². The largest absolute Gasteiger partial charge is 0.508 e. The zero-order valence-corrected chi connectivity index (χ0v) is 12.3. The van der Waals surface area contributed by atoms with Gasteiger partial charge in [-0.2, -0.15) is 5.10 Å². The number of nitrogens with one attached hydrogen (secondary N) is 2. The second-order valence-electron chi connectivity index (χ2n) is 4.70. The van der Waals surface area contributed by atoms with Crippen molar-refractivity contribution in [3.05, 3.63) is 59.9 Å². The summed E-state index contributed by atoms with van der Waals surface area (Å²) in [6, 6.07) is 10.00. The number of hydrazone groups is 1. The van der Waals surface area contributed by atoms with Gasteiger partial charge in [-0.05, 0) is 29.3 Å². The Morgan fingerprint density at radius 3 is 2.83 bits per heavy atom. The fraction of sp³-hybridized carbons (Fsp3) is 0.125. The number of phenolic OH excluding ortho intramolecular Hbond substituents is 1. The zero-order chi connectivity index (χ0) is 16.5. The second-order valence-corrected chi connectivity index (χ2v) is 4.70. The molecule has 0 aliphatic rings. The minimum Gasteiger partial charge on any atom is -0.508 e. The SMILES string of the molecule is O=C(CC(=O)N/N=C\c1cccc(O)c1)NCc1cccnc1. The van der Waals surface area contributed by atoms with Gasteiger partial charge in [0, 0.05) is 18.9 Å². The van der Waals surface area contributed by atoms with Gasteiger partial charge in [0.1, 0.15) is 12.2 Å².